The maximum atomic E-state index is 11.0. The van der Waals surface area contributed by atoms with Gasteiger partial charge < -0.3 is 4.74 Å². The normalized spacial score (nSPS) is 10.2. The van der Waals surface area contributed by atoms with Gasteiger partial charge in [0.05, 0.1) is 6.61 Å². The number of hydrogen-bond acceptors (Lipinski definition) is 3. The molecule has 0 aromatic rings. The van der Waals surface area contributed by atoms with Gasteiger partial charge in [-0.3, -0.25) is 0 Å². The van der Waals surface area contributed by atoms with E-state index in [2.05, 4.69) is 4.74 Å². The molecule has 0 aliphatic heterocycles. The van der Waals surface area contributed by atoms with Crippen LogP contribution >= 0.6 is 23.2 Å². The monoisotopic (exact) mass is 219 g/mol. The molecule has 0 N–H and O–H groups in total. The molecule has 0 heterocycles. The van der Waals surface area contributed by atoms with Crippen LogP contribution in [0.3, 0.4) is 0 Å². The van der Waals surface area contributed by atoms with Gasteiger partial charge >= 0.3 is 5.97 Å². The fraction of sp³-hybridized carbons (Fsp3) is 0.250. The molecule has 0 radical (unpaired) electrons. The lowest BCUT2D eigenvalue weighted by atomic mass is 10.3. The number of halogens is 2. The van der Waals surface area contributed by atoms with Gasteiger partial charge in [-0.1, -0.05) is 23.2 Å². The Hall–Kier alpha value is -0.980. The van der Waals surface area contributed by atoms with Crippen LogP contribution in [0.5, 0.6) is 0 Å². The van der Waals surface area contributed by atoms with Crippen LogP contribution in [0, 0.1) is 11.3 Å². The summed E-state index contributed by atoms with van der Waals surface area (Å²) in [5, 5.41) is 8.50. The molecule has 0 fully saturated rings. The maximum absolute atomic E-state index is 11.0. The lowest BCUT2D eigenvalue weighted by Crippen LogP contribution is -2.05. The second-order valence-corrected chi connectivity index (χ2v) is 2.88. The fourth-order valence-electron chi connectivity index (χ4n) is 0.506. The van der Waals surface area contributed by atoms with Crippen molar-refractivity contribution in [3.8, 4) is 6.07 Å². The van der Waals surface area contributed by atoms with E-state index in [9.17, 15) is 4.79 Å². The first-order valence-corrected chi connectivity index (χ1v) is 4.17. The van der Waals surface area contributed by atoms with Gasteiger partial charge in [-0.2, -0.15) is 5.26 Å². The van der Waals surface area contributed by atoms with Crippen molar-refractivity contribution in [3.05, 3.63) is 22.2 Å². The third-order valence-corrected chi connectivity index (χ3v) is 1.24. The molecule has 0 aliphatic rings. The van der Waals surface area contributed by atoms with Crippen LogP contribution in [-0.2, 0) is 9.53 Å². The van der Waals surface area contributed by atoms with Crippen LogP contribution in [-0.4, -0.2) is 12.6 Å². The highest BCUT2D eigenvalue weighted by Gasteiger charge is 2.07. The summed E-state index contributed by atoms with van der Waals surface area (Å²) in [5.74, 6) is -0.684. The van der Waals surface area contributed by atoms with Crippen molar-refractivity contribution in [1.29, 1.82) is 5.26 Å². The average molecular weight is 220 g/mol. The maximum Gasteiger partial charge on any atom is 0.348 e. The van der Waals surface area contributed by atoms with Gasteiger partial charge in [0, 0.05) is 0 Å². The first-order chi connectivity index (χ1) is 6.11. The summed E-state index contributed by atoms with van der Waals surface area (Å²) in [4.78, 5) is 11.0. The minimum atomic E-state index is -0.684. The molecule has 0 amide bonds. The summed E-state index contributed by atoms with van der Waals surface area (Å²) in [6.45, 7) is 1.87. The lowest BCUT2D eigenvalue weighted by Gasteiger charge is -1.97. The first kappa shape index (κ1) is 12.0. The molecule has 0 rings (SSSR count). The van der Waals surface area contributed by atoms with Crippen LogP contribution in [0.2, 0.25) is 0 Å². The van der Waals surface area contributed by atoms with E-state index in [1.807, 2.05) is 0 Å². The Balaban J connectivity index is 4.53. The quantitative estimate of drug-likeness (QED) is 0.317. The van der Waals surface area contributed by atoms with Gasteiger partial charge in [0.15, 0.2) is 0 Å². The molecule has 0 atom stereocenters. The van der Waals surface area contributed by atoms with E-state index in [1.165, 1.54) is 12.2 Å². The van der Waals surface area contributed by atoms with E-state index in [0.29, 0.717) is 0 Å². The molecule has 0 saturated carbocycles. The molecule has 5 heteroatoms. The molecule has 70 valence electrons. The Kier molecular flexibility index (Phi) is 6.03. The number of carbonyl (C=O) groups is 1. The third kappa shape index (κ3) is 5.29. The van der Waals surface area contributed by atoms with Crippen LogP contribution in [0.25, 0.3) is 0 Å². The minimum absolute atomic E-state index is 0.0305. The van der Waals surface area contributed by atoms with E-state index in [-0.39, 0.29) is 16.7 Å². The number of ether oxygens (including phenoxy) is 1. The zero-order valence-electron chi connectivity index (χ0n) is 6.88. The molecular weight excluding hydrogens is 213 g/mol. The smallest absolute Gasteiger partial charge is 0.348 e. The number of esters is 1. The molecule has 3 nitrogen and oxygen atoms in total. The van der Waals surface area contributed by atoms with Gasteiger partial charge in [0.25, 0.3) is 0 Å². The third-order valence-electron chi connectivity index (χ3n) is 0.992. The summed E-state index contributed by atoms with van der Waals surface area (Å²) in [6, 6.07) is 1.67. The van der Waals surface area contributed by atoms with Gasteiger partial charge in [-0.05, 0) is 19.1 Å². The number of rotatable bonds is 3. The second kappa shape index (κ2) is 6.53. The minimum Gasteiger partial charge on any atom is -0.462 e. The lowest BCUT2D eigenvalue weighted by molar-refractivity contribution is -0.138. The van der Waals surface area contributed by atoms with Crippen LogP contribution in [0.15, 0.2) is 22.2 Å². The Bertz CT molecular complexity index is 285. The van der Waals surface area contributed by atoms with E-state index in [4.69, 9.17) is 28.5 Å². The SMILES string of the molecule is CCOC(=O)C(C#N)=CC=C(Cl)Cl. The number of hydrogen-bond donors (Lipinski definition) is 0. The summed E-state index contributed by atoms with van der Waals surface area (Å²) in [5.41, 5.74) is -0.138. The van der Waals surface area contributed by atoms with E-state index in [1.54, 1.807) is 13.0 Å². The molecule has 0 saturated heterocycles. The number of nitriles is 1. The zero-order valence-corrected chi connectivity index (χ0v) is 8.39. The van der Waals surface area contributed by atoms with Crippen molar-refractivity contribution in [2.45, 2.75) is 6.92 Å². The summed E-state index contributed by atoms with van der Waals surface area (Å²) >= 11 is 10.6. The Morgan fingerprint density at radius 3 is 2.54 bits per heavy atom. The van der Waals surface area contributed by atoms with Crippen LogP contribution in [0.1, 0.15) is 6.92 Å². The molecule has 13 heavy (non-hydrogen) atoms. The van der Waals surface area contributed by atoms with Gasteiger partial charge in [0.1, 0.15) is 16.1 Å². The van der Waals surface area contributed by atoms with Crippen molar-refractivity contribution in [2.24, 2.45) is 0 Å². The van der Waals surface area contributed by atoms with Crippen molar-refractivity contribution in [3.63, 3.8) is 0 Å². The number of carbonyl (C=O) groups excluding carboxylic acids is 1. The molecular formula is C8H7Cl2NO2. The topological polar surface area (TPSA) is 50.1 Å². The summed E-state index contributed by atoms with van der Waals surface area (Å²) in [6.07, 6.45) is 2.44. The Morgan fingerprint density at radius 1 is 1.54 bits per heavy atom. The van der Waals surface area contributed by atoms with Crippen molar-refractivity contribution in [1.82, 2.24) is 0 Å². The molecule has 0 aromatic heterocycles. The largest absolute Gasteiger partial charge is 0.462 e. The summed E-state index contributed by atoms with van der Waals surface area (Å²) < 4.78 is 4.55. The van der Waals surface area contributed by atoms with Gasteiger partial charge in [-0.25, -0.2) is 4.79 Å². The number of allylic oxidation sites excluding steroid dienone is 2. The predicted octanol–water partition coefficient (Wildman–Crippen LogP) is 2.32. The average Bonchev–Trinajstić information content (AvgIpc) is 2.05. The first-order valence-electron chi connectivity index (χ1n) is 3.42. The van der Waals surface area contributed by atoms with Crippen molar-refractivity contribution in [2.75, 3.05) is 6.61 Å². The molecule has 0 spiro atoms. The van der Waals surface area contributed by atoms with Crippen molar-refractivity contribution < 1.29 is 9.53 Å². The highest BCUT2D eigenvalue weighted by atomic mass is 35.5. The Labute approximate surface area is 86.2 Å². The predicted molar refractivity (Wildman–Crippen MR) is 50.1 cm³/mol. The van der Waals surface area contributed by atoms with Gasteiger partial charge in [0.2, 0.25) is 0 Å². The van der Waals surface area contributed by atoms with E-state index in [0.717, 1.165) is 0 Å². The molecule has 0 unspecified atom stereocenters. The standard InChI is InChI=1S/C8H7Cl2NO2/c1-2-13-8(12)6(5-11)3-4-7(9)10/h3-4H,2H2,1H3. The number of nitrogens with zero attached hydrogens (tertiary/aromatic N) is 1. The molecule has 0 aromatic carbocycles. The molecule has 0 bridgehead atoms. The van der Waals surface area contributed by atoms with Crippen molar-refractivity contribution >= 4 is 29.2 Å². The van der Waals surface area contributed by atoms with E-state index < -0.39 is 5.97 Å². The highest BCUT2D eigenvalue weighted by molar-refractivity contribution is 6.56. The van der Waals surface area contributed by atoms with Crippen LogP contribution in [0.4, 0.5) is 0 Å². The van der Waals surface area contributed by atoms with Crippen LogP contribution < -0.4 is 0 Å². The van der Waals surface area contributed by atoms with Gasteiger partial charge in [-0.15, -0.1) is 0 Å². The Morgan fingerprint density at radius 2 is 2.15 bits per heavy atom. The molecule has 0 aliphatic carbocycles. The fourth-order valence-corrected chi connectivity index (χ4v) is 0.632. The van der Waals surface area contributed by atoms with E-state index >= 15 is 0 Å². The zero-order chi connectivity index (χ0) is 10.3. The highest BCUT2D eigenvalue weighted by Crippen LogP contribution is 2.07. The summed E-state index contributed by atoms with van der Waals surface area (Å²) in [7, 11) is 0. The second-order valence-electron chi connectivity index (χ2n) is 1.87.